The number of benzene rings is 1. The third-order valence-electron chi connectivity index (χ3n) is 5.13. The van der Waals surface area contributed by atoms with Crippen LogP contribution in [0.25, 0.3) is 0 Å². The fourth-order valence-electron chi connectivity index (χ4n) is 3.04. The molecule has 2 amide bonds. The van der Waals surface area contributed by atoms with Crippen molar-refractivity contribution in [3.05, 3.63) is 29.8 Å². The zero-order valence-electron chi connectivity index (χ0n) is 24.3. The molecule has 0 saturated carbocycles. The maximum absolute atomic E-state index is 12.5. The van der Waals surface area contributed by atoms with E-state index in [4.69, 9.17) is 28.4 Å². The van der Waals surface area contributed by atoms with Gasteiger partial charge in [0.1, 0.15) is 24.4 Å². The number of carbonyl (C=O) groups is 2. The molecule has 0 aliphatic carbocycles. The molecule has 234 valence electrons. The number of thiocyanates is 1. The molecule has 0 heterocycles. The van der Waals surface area contributed by atoms with Crippen LogP contribution in [-0.2, 0) is 28.5 Å². The van der Waals surface area contributed by atoms with Crippen LogP contribution in [0, 0.1) is 22.5 Å². The lowest BCUT2D eigenvalue weighted by atomic mass is 10.2. The molecule has 12 nitrogen and oxygen atoms in total. The van der Waals surface area contributed by atoms with Gasteiger partial charge in [0, 0.05) is 25.3 Å². The van der Waals surface area contributed by atoms with Crippen LogP contribution in [0.5, 0.6) is 5.75 Å². The van der Waals surface area contributed by atoms with Crippen LogP contribution in [0.3, 0.4) is 0 Å². The summed E-state index contributed by atoms with van der Waals surface area (Å²) in [6, 6.07) is 6.71. The SMILES string of the molecule is CC#CCNC(=O)COCCOC(C)(COc1cccc(C(=O)NCCOCCOCCOCCCNS)c1)SC#N. The summed E-state index contributed by atoms with van der Waals surface area (Å²) in [5.41, 5.74) is 0.424. The second-order valence-corrected chi connectivity index (χ2v) is 10.2. The molecule has 1 rings (SSSR count). The van der Waals surface area contributed by atoms with Crippen molar-refractivity contribution in [2.45, 2.75) is 25.2 Å². The molecule has 42 heavy (non-hydrogen) atoms. The molecule has 14 heteroatoms. The molecule has 0 aromatic heterocycles. The zero-order chi connectivity index (χ0) is 30.7. The minimum Gasteiger partial charge on any atom is -0.490 e. The monoisotopic (exact) mass is 626 g/mol. The maximum Gasteiger partial charge on any atom is 0.251 e. The van der Waals surface area contributed by atoms with Gasteiger partial charge < -0.3 is 39.1 Å². The van der Waals surface area contributed by atoms with Crippen LogP contribution >= 0.6 is 24.6 Å². The highest BCUT2D eigenvalue weighted by atomic mass is 32.2. The van der Waals surface area contributed by atoms with E-state index < -0.39 is 4.93 Å². The quantitative estimate of drug-likeness (QED) is 0.0414. The first-order valence-electron chi connectivity index (χ1n) is 13.5. The predicted molar refractivity (Wildman–Crippen MR) is 163 cm³/mol. The topological polar surface area (TPSA) is 149 Å². The second kappa shape index (κ2) is 25.0. The largest absolute Gasteiger partial charge is 0.490 e. The van der Waals surface area contributed by atoms with Crippen molar-refractivity contribution < 1.29 is 38.0 Å². The number of ether oxygens (including phenoxy) is 6. The van der Waals surface area contributed by atoms with Crippen molar-refractivity contribution in [1.82, 2.24) is 15.4 Å². The summed E-state index contributed by atoms with van der Waals surface area (Å²) in [4.78, 5) is 23.2. The maximum atomic E-state index is 12.5. The first-order chi connectivity index (χ1) is 20.4. The Hall–Kier alpha value is -2.53. The van der Waals surface area contributed by atoms with Gasteiger partial charge in [0.15, 0.2) is 4.93 Å². The van der Waals surface area contributed by atoms with Gasteiger partial charge in [-0.15, -0.1) is 5.92 Å². The van der Waals surface area contributed by atoms with Crippen molar-refractivity contribution >= 4 is 36.4 Å². The summed E-state index contributed by atoms with van der Waals surface area (Å²) >= 11 is 4.82. The van der Waals surface area contributed by atoms with E-state index >= 15 is 0 Å². The second-order valence-electron chi connectivity index (χ2n) is 8.60. The number of thioether (sulfide) groups is 1. The number of carbonyl (C=O) groups excluding carboxylic acids is 2. The average molecular weight is 627 g/mol. The molecule has 1 aromatic carbocycles. The van der Waals surface area contributed by atoms with E-state index in [1.165, 1.54) is 0 Å². The Kier molecular flexibility index (Phi) is 22.3. The average Bonchev–Trinajstić information content (AvgIpc) is 2.98. The number of amides is 2. The fourth-order valence-corrected chi connectivity index (χ4v) is 3.65. The minimum atomic E-state index is -0.993. The predicted octanol–water partition coefficient (Wildman–Crippen LogP) is 1.77. The number of thiol groups is 1. The van der Waals surface area contributed by atoms with Gasteiger partial charge in [-0.1, -0.05) is 24.8 Å². The molecule has 0 fully saturated rings. The summed E-state index contributed by atoms with van der Waals surface area (Å²) in [7, 11) is 0. The summed E-state index contributed by atoms with van der Waals surface area (Å²) in [6.45, 7) is 7.95. The van der Waals surface area contributed by atoms with Gasteiger partial charge in [-0.2, -0.15) is 5.26 Å². The van der Waals surface area contributed by atoms with E-state index in [1.54, 1.807) is 38.1 Å². The van der Waals surface area contributed by atoms with Gasteiger partial charge >= 0.3 is 0 Å². The molecule has 0 aliphatic rings. The standard InChI is InChI=1S/C28H42N4O8S2/c1-3-4-9-30-26(33)21-38-18-19-40-28(2,42-23-29)22-39-25-8-5-7-24(20-25)27(34)31-11-13-36-15-17-37-16-14-35-12-6-10-32-41/h5,7-8,20,32,41H,6,9-19,21-22H2,1-2H3,(H,30,33)(H,31,34). The summed E-state index contributed by atoms with van der Waals surface area (Å²) in [5.74, 6) is 5.33. The number of nitrogens with one attached hydrogen (secondary N) is 3. The van der Waals surface area contributed by atoms with E-state index in [1.807, 2.05) is 5.40 Å². The zero-order valence-corrected chi connectivity index (χ0v) is 26.0. The van der Waals surface area contributed by atoms with E-state index in [0.717, 1.165) is 24.7 Å². The van der Waals surface area contributed by atoms with Crippen molar-refractivity contribution in [3.8, 4) is 23.0 Å². The van der Waals surface area contributed by atoms with E-state index in [2.05, 4.69) is 40.0 Å². The Labute approximate surface area is 258 Å². The molecule has 0 radical (unpaired) electrons. The summed E-state index contributed by atoms with van der Waals surface area (Å²) < 4.78 is 36.0. The lowest BCUT2D eigenvalue weighted by Gasteiger charge is -2.26. The minimum absolute atomic E-state index is 0.0437. The van der Waals surface area contributed by atoms with Gasteiger partial charge in [0.05, 0.1) is 52.8 Å². The molecule has 3 N–H and O–H groups in total. The fraction of sp³-hybridized carbons (Fsp3) is 0.607. The Bertz CT molecular complexity index is 1000. The van der Waals surface area contributed by atoms with Crippen molar-refractivity contribution in [1.29, 1.82) is 5.26 Å². The van der Waals surface area contributed by atoms with Crippen LogP contribution in [-0.4, -0.2) is 102 Å². The van der Waals surface area contributed by atoms with Crippen molar-refractivity contribution in [2.75, 3.05) is 85.7 Å². The van der Waals surface area contributed by atoms with Gasteiger partial charge in [-0.3, -0.25) is 14.3 Å². The summed E-state index contributed by atoms with van der Waals surface area (Å²) in [5, 5.41) is 16.6. The molecule has 1 aromatic rings. The van der Waals surface area contributed by atoms with Crippen LogP contribution in [0.1, 0.15) is 30.6 Å². The molecule has 0 bridgehead atoms. The van der Waals surface area contributed by atoms with Gasteiger partial charge in [-0.25, -0.2) is 0 Å². The normalized spacial score (nSPS) is 12.0. The Morgan fingerprint density at radius 1 is 0.976 bits per heavy atom. The molecular formula is C28H42N4O8S2. The number of hydrogen-bond acceptors (Lipinski definition) is 12. The molecule has 0 saturated heterocycles. The van der Waals surface area contributed by atoms with E-state index in [-0.39, 0.29) is 44.8 Å². The number of nitrogens with zero attached hydrogens (tertiary/aromatic N) is 1. The molecule has 1 atom stereocenters. The number of hydrogen-bond donors (Lipinski definition) is 4. The van der Waals surface area contributed by atoms with E-state index in [9.17, 15) is 14.9 Å². The number of rotatable bonds is 25. The molecule has 0 spiro atoms. The van der Waals surface area contributed by atoms with Crippen LogP contribution < -0.4 is 20.1 Å². The Morgan fingerprint density at radius 3 is 2.40 bits per heavy atom. The highest BCUT2D eigenvalue weighted by molar-refractivity contribution is 8.04. The number of nitriles is 1. The molecule has 0 aliphatic heterocycles. The smallest absolute Gasteiger partial charge is 0.251 e. The highest BCUT2D eigenvalue weighted by Gasteiger charge is 2.28. The van der Waals surface area contributed by atoms with Crippen molar-refractivity contribution in [3.63, 3.8) is 0 Å². The lowest BCUT2D eigenvalue weighted by Crippen LogP contribution is -2.34. The lowest BCUT2D eigenvalue weighted by molar-refractivity contribution is -0.126. The third-order valence-corrected chi connectivity index (χ3v) is 6.11. The third kappa shape index (κ3) is 19.6. The van der Waals surface area contributed by atoms with Crippen LogP contribution in [0.4, 0.5) is 0 Å². The molecule has 1 unspecified atom stereocenters. The first-order valence-corrected chi connectivity index (χ1v) is 14.8. The molecular weight excluding hydrogens is 584 g/mol. The van der Waals surface area contributed by atoms with Gasteiger partial charge in [0.25, 0.3) is 5.91 Å². The van der Waals surface area contributed by atoms with Crippen molar-refractivity contribution in [2.24, 2.45) is 0 Å². The van der Waals surface area contributed by atoms with Crippen LogP contribution in [0.2, 0.25) is 0 Å². The van der Waals surface area contributed by atoms with Crippen LogP contribution in [0.15, 0.2) is 24.3 Å². The highest BCUT2D eigenvalue weighted by Crippen LogP contribution is 2.27. The van der Waals surface area contributed by atoms with E-state index in [0.29, 0.717) is 57.5 Å². The van der Waals surface area contributed by atoms with Gasteiger partial charge in [-0.05, 0) is 50.2 Å². The summed E-state index contributed by atoms with van der Waals surface area (Å²) in [6.07, 6.45) is 0.892. The van der Waals surface area contributed by atoms with Gasteiger partial charge in [0.2, 0.25) is 5.91 Å². The first kappa shape index (κ1) is 37.5. The Balaban J connectivity index is 2.28. The Morgan fingerprint density at radius 2 is 1.69 bits per heavy atom.